The van der Waals surface area contributed by atoms with Gasteiger partial charge in [0.15, 0.2) is 0 Å². The molecule has 4 nitrogen and oxygen atoms in total. The Morgan fingerprint density at radius 1 is 1.07 bits per heavy atom. The summed E-state index contributed by atoms with van der Waals surface area (Å²) in [5.41, 5.74) is 2.32. The van der Waals surface area contributed by atoms with Crippen LogP contribution in [0.2, 0.25) is 0 Å². The Kier molecular flexibility index (Phi) is 3.63. The summed E-state index contributed by atoms with van der Waals surface area (Å²) in [4.78, 5) is 4.60. The van der Waals surface area contributed by atoms with Crippen LogP contribution in [-0.2, 0) is 5.41 Å². The molecule has 5 rings (SSSR count). The fraction of sp³-hybridized carbons (Fsp3) is 0.304. The lowest BCUT2D eigenvalue weighted by Crippen LogP contribution is -2.37. The van der Waals surface area contributed by atoms with E-state index in [9.17, 15) is 14.0 Å². The molecule has 29 heavy (non-hydrogen) atoms. The zero-order valence-electron chi connectivity index (χ0n) is 16.1. The van der Waals surface area contributed by atoms with Crippen LogP contribution in [0.1, 0.15) is 55.3 Å². The summed E-state index contributed by atoms with van der Waals surface area (Å²) in [5.74, 6) is -1.13. The zero-order valence-corrected chi connectivity index (χ0v) is 16.1. The van der Waals surface area contributed by atoms with Crippen molar-refractivity contribution in [1.29, 1.82) is 5.26 Å². The maximum absolute atomic E-state index is 14.3. The van der Waals surface area contributed by atoms with Crippen LogP contribution in [0.25, 0.3) is 11.3 Å². The summed E-state index contributed by atoms with van der Waals surface area (Å²) in [6.07, 6.45) is 1.77. The van der Waals surface area contributed by atoms with E-state index in [-0.39, 0.29) is 22.6 Å². The van der Waals surface area contributed by atoms with Gasteiger partial charge in [-0.1, -0.05) is 26.0 Å². The quantitative estimate of drug-likeness (QED) is 0.627. The van der Waals surface area contributed by atoms with Crippen molar-refractivity contribution >= 4 is 0 Å². The highest BCUT2D eigenvalue weighted by Gasteiger charge is 2.65. The average molecular weight is 388 g/mol. The number of fused-ring (bicyclic) bond motifs is 5. The van der Waals surface area contributed by atoms with E-state index < -0.39 is 17.0 Å². The summed E-state index contributed by atoms with van der Waals surface area (Å²) < 4.78 is 28.6. The van der Waals surface area contributed by atoms with Crippen LogP contribution >= 0.6 is 0 Å². The fourth-order valence-electron chi connectivity index (χ4n) is 5.49. The van der Waals surface area contributed by atoms with Crippen molar-refractivity contribution in [1.82, 2.24) is 15.2 Å². The van der Waals surface area contributed by atoms with Gasteiger partial charge in [-0.3, -0.25) is 0 Å². The lowest BCUT2D eigenvalue weighted by molar-refractivity contribution is 0.243. The number of benzene rings is 1. The molecule has 1 fully saturated rings. The molecule has 2 aliphatic carbocycles. The minimum atomic E-state index is -0.653. The van der Waals surface area contributed by atoms with E-state index in [2.05, 4.69) is 35.1 Å². The van der Waals surface area contributed by atoms with E-state index in [1.807, 2.05) is 12.1 Å². The van der Waals surface area contributed by atoms with Crippen molar-refractivity contribution in [3.8, 4) is 17.3 Å². The van der Waals surface area contributed by atoms with Crippen LogP contribution in [0.3, 0.4) is 0 Å². The van der Waals surface area contributed by atoms with Gasteiger partial charge in [-0.05, 0) is 60.1 Å². The Labute approximate surface area is 167 Å². The molecular weight excluding hydrogens is 370 g/mol. The number of rotatable bonds is 2. The molecule has 144 valence electrons. The minimum absolute atomic E-state index is 0.151. The second-order valence-electron chi connectivity index (χ2n) is 8.37. The molecule has 6 heteroatoms. The number of aromatic nitrogens is 3. The van der Waals surface area contributed by atoms with Gasteiger partial charge in [-0.2, -0.15) is 10.4 Å². The summed E-state index contributed by atoms with van der Waals surface area (Å²) in [5, 5.41) is 18.0. The maximum atomic E-state index is 14.3. The number of nitriles is 1. The van der Waals surface area contributed by atoms with Gasteiger partial charge in [0.1, 0.15) is 23.4 Å². The van der Waals surface area contributed by atoms with Crippen LogP contribution in [0.4, 0.5) is 8.78 Å². The second kappa shape index (κ2) is 5.90. The molecule has 2 atom stereocenters. The van der Waals surface area contributed by atoms with Crippen LogP contribution in [-0.4, -0.2) is 15.2 Å². The molecule has 0 unspecified atom stereocenters. The molecule has 0 radical (unpaired) electrons. The molecule has 2 aliphatic rings. The van der Waals surface area contributed by atoms with Gasteiger partial charge < -0.3 is 0 Å². The predicted molar refractivity (Wildman–Crippen MR) is 103 cm³/mol. The Bertz CT molecular complexity index is 1180. The molecule has 1 saturated carbocycles. The number of hydrogen-bond acceptors (Lipinski definition) is 4. The standard InChI is InChI=1S/C23H18F2N4/c1-22(2)15-9-10-23(22,19-8-3-5-13(12-26)27-19)21-14(15)11-18(28-29-21)20-16(24)6-4-7-17(20)25/h3-8,11,15H,9-10H2,1-2H3/t15-,23+/m1/s1. The Hall–Kier alpha value is -3.20. The monoisotopic (exact) mass is 388 g/mol. The maximum Gasteiger partial charge on any atom is 0.140 e. The van der Waals surface area contributed by atoms with Crippen molar-refractivity contribution in [2.45, 2.75) is 38.0 Å². The Morgan fingerprint density at radius 2 is 1.79 bits per heavy atom. The van der Waals surface area contributed by atoms with Gasteiger partial charge in [0.05, 0.1) is 28.1 Å². The molecule has 0 amide bonds. The normalized spacial score (nSPS) is 23.6. The molecule has 1 aromatic carbocycles. The fourth-order valence-corrected chi connectivity index (χ4v) is 5.49. The first-order chi connectivity index (χ1) is 13.9. The van der Waals surface area contributed by atoms with Crippen molar-refractivity contribution in [2.24, 2.45) is 5.41 Å². The van der Waals surface area contributed by atoms with Gasteiger partial charge in [0.25, 0.3) is 0 Å². The second-order valence-corrected chi connectivity index (χ2v) is 8.37. The van der Waals surface area contributed by atoms with E-state index >= 15 is 0 Å². The van der Waals surface area contributed by atoms with Crippen LogP contribution in [0.15, 0.2) is 42.5 Å². The highest BCUT2D eigenvalue weighted by Crippen LogP contribution is 2.69. The molecule has 0 N–H and O–H groups in total. The van der Waals surface area contributed by atoms with Gasteiger partial charge in [-0.25, -0.2) is 13.8 Å². The average Bonchev–Trinajstić information content (AvgIpc) is 3.09. The number of pyridine rings is 1. The zero-order chi connectivity index (χ0) is 20.4. The molecule has 0 saturated heterocycles. The molecule has 2 bridgehead atoms. The van der Waals surface area contributed by atoms with Crippen LogP contribution < -0.4 is 0 Å². The number of halogens is 2. The van der Waals surface area contributed by atoms with E-state index in [0.29, 0.717) is 5.69 Å². The van der Waals surface area contributed by atoms with Crippen molar-refractivity contribution in [2.75, 3.05) is 0 Å². The molecule has 3 aromatic rings. The molecule has 2 heterocycles. The Morgan fingerprint density at radius 3 is 2.52 bits per heavy atom. The number of nitrogens with zero attached hydrogens (tertiary/aromatic N) is 4. The van der Waals surface area contributed by atoms with Crippen molar-refractivity contribution in [3.63, 3.8) is 0 Å². The van der Waals surface area contributed by atoms with E-state index in [4.69, 9.17) is 0 Å². The molecule has 0 aliphatic heterocycles. The van der Waals surface area contributed by atoms with Gasteiger partial charge in [0.2, 0.25) is 0 Å². The molecular formula is C23H18F2N4. The first-order valence-electron chi connectivity index (χ1n) is 9.60. The summed E-state index contributed by atoms with van der Waals surface area (Å²) in [7, 11) is 0. The van der Waals surface area contributed by atoms with Crippen molar-refractivity contribution < 1.29 is 8.78 Å². The molecule has 0 spiro atoms. The minimum Gasteiger partial charge on any atom is -0.241 e. The van der Waals surface area contributed by atoms with Crippen LogP contribution in [0.5, 0.6) is 0 Å². The first kappa shape index (κ1) is 17.9. The van der Waals surface area contributed by atoms with E-state index in [0.717, 1.165) is 29.8 Å². The summed E-state index contributed by atoms with van der Waals surface area (Å²) in [6.45, 7) is 4.35. The third-order valence-corrected chi connectivity index (χ3v) is 6.90. The highest BCUT2D eigenvalue weighted by atomic mass is 19.1. The van der Waals surface area contributed by atoms with E-state index in [1.165, 1.54) is 18.2 Å². The van der Waals surface area contributed by atoms with Gasteiger partial charge >= 0.3 is 0 Å². The lowest BCUT2D eigenvalue weighted by Gasteiger charge is -2.37. The predicted octanol–water partition coefficient (Wildman–Crippen LogP) is 4.89. The van der Waals surface area contributed by atoms with Gasteiger partial charge in [-0.15, -0.1) is 5.10 Å². The topological polar surface area (TPSA) is 62.5 Å². The van der Waals surface area contributed by atoms with Gasteiger partial charge in [0, 0.05) is 0 Å². The highest BCUT2D eigenvalue weighted by molar-refractivity contribution is 5.64. The smallest absolute Gasteiger partial charge is 0.140 e. The summed E-state index contributed by atoms with van der Waals surface area (Å²) >= 11 is 0. The number of hydrogen-bond donors (Lipinski definition) is 0. The SMILES string of the molecule is CC1(C)[C@@H]2CC[C@]1(c1cccc(C#N)n1)c1nnc(-c3c(F)cccc3F)cc12. The Balaban J connectivity index is 1.74. The largest absolute Gasteiger partial charge is 0.241 e. The molecule has 2 aromatic heterocycles. The summed E-state index contributed by atoms with van der Waals surface area (Å²) in [6, 6.07) is 13.1. The third-order valence-electron chi connectivity index (χ3n) is 6.90. The van der Waals surface area contributed by atoms with Crippen LogP contribution in [0, 0.1) is 28.4 Å². The third kappa shape index (κ3) is 2.19. The first-order valence-corrected chi connectivity index (χ1v) is 9.60. The lowest BCUT2D eigenvalue weighted by atomic mass is 9.66. The van der Waals surface area contributed by atoms with Crippen molar-refractivity contribution in [3.05, 3.63) is 76.7 Å². The van der Waals surface area contributed by atoms with E-state index in [1.54, 1.807) is 12.1 Å².